The van der Waals surface area contributed by atoms with E-state index in [1.165, 1.54) is 15.6 Å². The zero-order valence-electron chi connectivity index (χ0n) is 11.9. The minimum absolute atomic E-state index is 0.112. The standard InChI is InChI=1S/C15H15NO4S2/c1-10-5-7-21-15(10)22(19,20)16-6-4-12-3-2-11(8-13(12)16)9-14(17)18/h2-3,5,7-8H,4,6,9H2,1H3,(H,17,18). The van der Waals surface area contributed by atoms with Crippen LogP contribution >= 0.6 is 11.3 Å². The number of hydrogen-bond acceptors (Lipinski definition) is 4. The summed E-state index contributed by atoms with van der Waals surface area (Å²) in [5.74, 6) is -0.929. The Labute approximate surface area is 132 Å². The normalized spacial score (nSPS) is 14.1. The molecule has 0 radical (unpaired) electrons. The summed E-state index contributed by atoms with van der Waals surface area (Å²) in [6, 6.07) is 7.04. The van der Waals surface area contributed by atoms with Crippen LogP contribution in [-0.4, -0.2) is 26.0 Å². The lowest BCUT2D eigenvalue weighted by Crippen LogP contribution is -2.29. The third-order valence-electron chi connectivity index (χ3n) is 3.70. The van der Waals surface area contributed by atoms with Crippen molar-refractivity contribution in [2.24, 2.45) is 0 Å². The third-order valence-corrected chi connectivity index (χ3v) is 7.18. The quantitative estimate of drug-likeness (QED) is 0.930. The molecule has 3 rings (SSSR count). The fraction of sp³-hybridized carbons (Fsp3) is 0.267. The average Bonchev–Trinajstić information content (AvgIpc) is 3.04. The number of fused-ring (bicyclic) bond motifs is 1. The van der Waals surface area contributed by atoms with Gasteiger partial charge in [-0.1, -0.05) is 12.1 Å². The molecule has 2 aromatic rings. The second-order valence-electron chi connectivity index (χ2n) is 5.25. The Bertz CT molecular complexity index is 839. The van der Waals surface area contributed by atoms with Crippen LogP contribution in [0.2, 0.25) is 0 Å². The van der Waals surface area contributed by atoms with Crippen molar-refractivity contribution in [2.45, 2.75) is 24.0 Å². The first kappa shape index (κ1) is 15.1. The Hall–Kier alpha value is -1.86. The van der Waals surface area contributed by atoms with Crippen molar-refractivity contribution in [3.8, 4) is 0 Å². The molecule has 0 unspecified atom stereocenters. The molecule has 0 atom stereocenters. The van der Waals surface area contributed by atoms with Crippen LogP contribution in [0.4, 0.5) is 5.69 Å². The molecule has 0 bridgehead atoms. The molecule has 2 heterocycles. The molecule has 0 spiro atoms. The highest BCUT2D eigenvalue weighted by atomic mass is 32.2. The zero-order chi connectivity index (χ0) is 15.9. The van der Waals surface area contributed by atoms with Gasteiger partial charge in [0.05, 0.1) is 12.1 Å². The molecule has 5 nitrogen and oxygen atoms in total. The van der Waals surface area contributed by atoms with Crippen molar-refractivity contribution in [3.63, 3.8) is 0 Å². The summed E-state index contributed by atoms with van der Waals surface area (Å²) in [5.41, 5.74) is 2.88. The summed E-state index contributed by atoms with van der Waals surface area (Å²) in [7, 11) is -3.58. The van der Waals surface area contributed by atoms with Gasteiger partial charge in [-0.05, 0) is 47.5 Å². The molecule has 1 aromatic heterocycles. The van der Waals surface area contributed by atoms with Gasteiger partial charge in [0.25, 0.3) is 10.0 Å². The van der Waals surface area contributed by atoms with Crippen LogP contribution in [0.1, 0.15) is 16.7 Å². The summed E-state index contributed by atoms with van der Waals surface area (Å²) < 4.78 is 27.4. The van der Waals surface area contributed by atoms with Gasteiger partial charge in [0.2, 0.25) is 0 Å². The van der Waals surface area contributed by atoms with Crippen molar-refractivity contribution in [1.82, 2.24) is 0 Å². The molecule has 0 saturated heterocycles. The highest BCUT2D eigenvalue weighted by molar-refractivity contribution is 7.94. The van der Waals surface area contributed by atoms with Crippen LogP contribution in [0.25, 0.3) is 0 Å². The van der Waals surface area contributed by atoms with E-state index in [1.807, 2.05) is 6.07 Å². The Morgan fingerprint density at radius 1 is 1.36 bits per heavy atom. The molecule has 1 aliphatic rings. The van der Waals surface area contributed by atoms with Gasteiger partial charge in [-0.25, -0.2) is 8.42 Å². The molecule has 0 aliphatic carbocycles. The number of aryl methyl sites for hydroxylation is 1. The van der Waals surface area contributed by atoms with E-state index in [9.17, 15) is 13.2 Å². The molecule has 1 aliphatic heterocycles. The maximum Gasteiger partial charge on any atom is 0.307 e. The van der Waals surface area contributed by atoms with Gasteiger partial charge >= 0.3 is 5.97 Å². The van der Waals surface area contributed by atoms with Gasteiger partial charge in [0.15, 0.2) is 0 Å². The highest BCUT2D eigenvalue weighted by Gasteiger charge is 2.32. The summed E-state index contributed by atoms with van der Waals surface area (Å²) in [6.45, 7) is 2.17. The Balaban J connectivity index is 2.03. The fourth-order valence-corrected chi connectivity index (χ4v) is 5.66. The number of carboxylic acid groups (broad SMARTS) is 1. The number of hydrogen-bond donors (Lipinski definition) is 1. The first-order valence-corrected chi connectivity index (χ1v) is 9.12. The molecular formula is C15H15NO4S2. The Kier molecular flexibility index (Phi) is 3.70. The van der Waals surface area contributed by atoms with Crippen molar-refractivity contribution in [2.75, 3.05) is 10.8 Å². The number of rotatable bonds is 4. The van der Waals surface area contributed by atoms with Crippen LogP contribution in [0.3, 0.4) is 0 Å². The van der Waals surface area contributed by atoms with E-state index >= 15 is 0 Å². The summed E-state index contributed by atoms with van der Waals surface area (Å²) in [5, 5.41) is 10.7. The minimum Gasteiger partial charge on any atom is -0.481 e. The number of thiophene rings is 1. The monoisotopic (exact) mass is 337 g/mol. The molecule has 0 amide bonds. The van der Waals surface area contributed by atoms with E-state index in [0.717, 1.165) is 11.1 Å². The topological polar surface area (TPSA) is 74.7 Å². The number of anilines is 1. The number of aliphatic carboxylic acids is 1. The molecular weight excluding hydrogens is 322 g/mol. The zero-order valence-corrected chi connectivity index (χ0v) is 13.6. The largest absolute Gasteiger partial charge is 0.481 e. The molecule has 1 N–H and O–H groups in total. The lowest BCUT2D eigenvalue weighted by molar-refractivity contribution is -0.136. The van der Waals surface area contributed by atoms with E-state index in [4.69, 9.17) is 5.11 Å². The smallest absolute Gasteiger partial charge is 0.307 e. The average molecular weight is 337 g/mol. The predicted molar refractivity (Wildman–Crippen MR) is 85.1 cm³/mol. The van der Waals surface area contributed by atoms with Gasteiger partial charge in [-0.15, -0.1) is 11.3 Å². The van der Waals surface area contributed by atoms with Gasteiger partial charge in [0, 0.05) is 6.54 Å². The van der Waals surface area contributed by atoms with E-state index in [1.54, 1.807) is 30.5 Å². The first-order valence-electron chi connectivity index (χ1n) is 6.80. The van der Waals surface area contributed by atoms with E-state index in [0.29, 0.717) is 28.4 Å². The predicted octanol–water partition coefficient (Wildman–Crippen LogP) is 2.44. The van der Waals surface area contributed by atoms with Gasteiger partial charge in [-0.2, -0.15) is 0 Å². The van der Waals surface area contributed by atoms with Crippen molar-refractivity contribution in [1.29, 1.82) is 0 Å². The molecule has 7 heteroatoms. The van der Waals surface area contributed by atoms with Gasteiger partial charge < -0.3 is 5.11 Å². The maximum atomic E-state index is 12.8. The first-order chi connectivity index (χ1) is 10.4. The number of carbonyl (C=O) groups is 1. The van der Waals surface area contributed by atoms with E-state index in [-0.39, 0.29) is 6.42 Å². The van der Waals surface area contributed by atoms with Crippen molar-refractivity contribution < 1.29 is 18.3 Å². The summed E-state index contributed by atoms with van der Waals surface area (Å²) in [6.07, 6.45) is 0.533. The van der Waals surface area contributed by atoms with Crippen LogP contribution in [-0.2, 0) is 27.7 Å². The maximum absolute atomic E-state index is 12.8. The molecule has 0 saturated carbocycles. The van der Waals surface area contributed by atoms with Crippen LogP contribution < -0.4 is 4.31 Å². The van der Waals surface area contributed by atoms with Crippen LogP contribution in [0.15, 0.2) is 33.9 Å². The number of nitrogens with zero attached hydrogens (tertiary/aromatic N) is 1. The lowest BCUT2D eigenvalue weighted by atomic mass is 10.1. The molecule has 1 aromatic carbocycles. The molecule has 116 valence electrons. The fourth-order valence-electron chi connectivity index (χ4n) is 2.65. The molecule has 0 fully saturated rings. The molecule has 22 heavy (non-hydrogen) atoms. The SMILES string of the molecule is Cc1ccsc1S(=O)(=O)N1CCc2ccc(CC(=O)O)cc21. The lowest BCUT2D eigenvalue weighted by Gasteiger charge is -2.19. The van der Waals surface area contributed by atoms with E-state index in [2.05, 4.69) is 0 Å². The highest BCUT2D eigenvalue weighted by Crippen LogP contribution is 2.36. The van der Waals surface area contributed by atoms with Gasteiger partial charge in [-0.3, -0.25) is 9.10 Å². The summed E-state index contributed by atoms with van der Waals surface area (Å²) >= 11 is 1.21. The van der Waals surface area contributed by atoms with Crippen LogP contribution in [0, 0.1) is 6.92 Å². The van der Waals surface area contributed by atoms with E-state index < -0.39 is 16.0 Å². The van der Waals surface area contributed by atoms with Crippen LogP contribution in [0.5, 0.6) is 0 Å². The summed E-state index contributed by atoms with van der Waals surface area (Å²) in [4.78, 5) is 10.8. The van der Waals surface area contributed by atoms with Crippen molar-refractivity contribution >= 4 is 33.0 Å². The number of sulfonamides is 1. The van der Waals surface area contributed by atoms with Gasteiger partial charge in [0.1, 0.15) is 4.21 Å². The second-order valence-corrected chi connectivity index (χ2v) is 8.23. The number of benzene rings is 1. The third kappa shape index (κ3) is 2.50. The van der Waals surface area contributed by atoms with Crippen molar-refractivity contribution in [3.05, 3.63) is 46.3 Å². The number of carboxylic acids is 1. The Morgan fingerprint density at radius 3 is 2.77 bits per heavy atom. The Morgan fingerprint density at radius 2 is 2.14 bits per heavy atom. The minimum atomic E-state index is -3.58. The second kappa shape index (κ2) is 5.40.